The van der Waals surface area contributed by atoms with Crippen LogP contribution in [0, 0.1) is 0 Å². The molecule has 0 unspecified atom stereocenters. The van der Waals surface area contributed by atoms with Crippen LogP contribution >= 0.6 is 0 Å². The first-order valence-electron chi connectivity index (χ1n) is 20.9. The zero-order valence-corrected chi connectivity index (χ0v) is 34.4. The molecule has 2 aromatic carbocycles. The quantitative estimate of drug-likeness (QED) is 0.0430. The normalized spacial score (nSPS) is 11.0. The van der Waals surface area contributed by atoms with E-state index in [4.69, 9.17) is 28.1 Å². The minimum atomic E-state index is -0.822. The molecule has 0 bridgehead atoms. The van der Waals surface area contributed by atoms with Crippen LogP contribution in [0.2, 0.25) is 0 Å². The molecular formula is C45H60O12. The van der Waals surface area contributed by atoms with Gasteiger partial charge < -0.3 is 28.1 Å². The van der Waals surface area contributed by atoms with Gasteiger partial charge in [0.15, 0.2) is 17.3 Å². The number of ether oxygens (including phenoxy) is 5. The summed E-state index contributed by atoms with van der Waals surface area (Å²) in [6.45, 7) is 10.0. The number of carbonyl (C=O) groups excluding carboxylic acids is 5. The van der Waals surface area contributed by atoms with Gasteiger partial charge in [0.2, 0.25) is 11.2 Å². The van der Waals surface area contributed by atoms with Crippen LogP contribution in [0.3, 0.4) is 0 Å². The molecule has 0 spiro atoms. The lowest BCUT2D eigenvalue weighted by atomic mass is 10.1. The second-order valence-corrected chi connectivity index (χ2v) is 14.2. The Labute approximate surface area is 335 Å². The van der Waals surface area contributed by atoms with Gasteiger partial charge in [0.1, 0.15) is 22.5 Å². The van der Waals surface area contributed by atoms with Crippen molar-refractivity contribution >= 4 is 40.8 Å². The molecule has 0 aliphatic carbocycles. The molecule has 0 saturated heterocycles. The van der Waals surface area contributed by atoms with Crippen molar-refractivity contribution in [3.63, 3.8) is 0 Å². The highest BCUT2D eigenvalue weighted by molar-refractivity contribution is 5.92. The fourth-order valence-corrected chi connectivity index (χ4v) is 5.94. The molecule has 0 atom stereocenters. The van der Waals surface area contributed by atoms with Gasteiger partial charge in [-0.25, -0.2) is 0 Å². The van der Waals surface area contributed by atoms with Crippen LogP contribution in [0.4, 0.5) is 0 Å². The van der Waals surface area contributed by atoms with Gasteiger partial charge in [0.25, 0.3) is 0 Å². The predicted molar refractivity (Wildman–Crippen MR) is 217 cm³/mol. The van der Waals surface area contributed by atoms with Crippen molar-refractivity contribution in [1.82, 2.24) is 0 Å². The highest BCUT2D eigenvalue weighted by atomic mass is 16.6. The highest BCUT2D eigenvalue weighted by Crippen LogP contribution is 2.40. The minimum absolute atomic E-state index is 0.0140. The fraction of sp³-hybridized carbons (Fsp3) is 0.556. The van der Waals surface area contributed by atoms with Gasteiger partial charge in [-0.05, 0) is 50.3 Å². The maximum Gasteiger partial charge on any atom is 0.311 e. The van der Waals surface area contributed by atoms with E-state index in [0.29, 0.717) is 32.1 Å². The summed E-state index contributed by atoms with van der Waals surface area (Å²) >= 11 is 0. The molecule has 1 aromatic heterocycles. The van der Waals surface area contributed by atoms with Crippen LogP contribution in [-0.2, 0) is 24.0 Å². The van der Waals surface area contributed by atoms with Crippen molar-refractivity contribution in [1.29, 1.82) is 0 Å². The Hall–Kier alpha value is -5.00. The molecule has 1 heterocycles. The summed E-state index contributed by atoms with van der Waals surface area (Å²) in [4.78, 5) is 79.3. The largest absolute Gasteiger partial charge is 0.452 e. The van der Waals surface area contributed by atoms with E-state index in [-0.39, 0.29) is 77.4 Å². The summed E-state index contributed by atoms with van der Waals surface area (Å²) in [5, 5.41) is -0.204. The van der Waals surface area contributed by atoms with Gasteiger partial charge in [-0.15, -0.1) is 0 Å². The molecule has 12 nitrogen and oxygen atoms in total. The van der Waals surface area contributed by atoms with Crippen molar-refractivity contribution in [2.45, 2.75) is 163 Å². The first-order chi connectivity index (χ1) is 27.5. The predicted octanol–water partition coefficient (Wildman–Crippen LogP) is 10.9. The second kappa shape index (κ2) is 25.3. The summed E-state index contributed by atoms with van der Waals surface area (Å²) < 4.78 is 34.8. The monoisotopic (exact) mass is 792 g/mol. The average Bonchev–Trinajstić information content (AvgIpc) is 3.17. The first kappa shape index (κ1) is 46.4. The van der Waals surface area contributed by atoms with E-state index in [2.05, 4.69) is 0 Å². The topological polar surface area (TPSA) is 162 Å². The third-order valence-electron chi connectivity index (χ3n) is 9.14. The number of rotatable bonds is 26. The smallest absolute Gasteiger partial charge is 0.311 e. The minimum Gasteiger partial charge on any atom is -0.452 e. The third-order valence-corrected chi connectivity index (χ3v) is 9.14. The maximum atomic E-state index is 14.5. The Morgan fingerprint density at radius 1 is 0.474 bits per heavy atom. The second-order valence-electron chi connectivity index (χ2n) is 14.2. The van der Waals surface area contributed by atoms with E-state index in [9.17, 15) is 28.8 Å². The van der Waals surface area contributed by atoms with Crippen molar-refractivity contribution in [2.24, 2.45) is 0 Å². The lowest BCUT2D eigenvalue weighted by Gasteiger charge is -2.16. The lowest BCUT2D eigenvalue weighted by Crippen LogP contribution is -2.18. The van der Waals surface area contributed by atoms with Gasteiger partial charge >= 0.3 is 29.8 Å². The molecule has 3 rings (SSSR count). The standard InChI is InChI=1S/C45H60O12/c1-6-11-16-21-37(46)52-32-29-35(55-40(49)24-19-14-9-4)42-36(30-32)56-44(45(43(42)51)57-41(50)25-20-15-10-5)31-26-27-33(53-38(47)22-17-12-7-2)34(28-31)54-39(48)23-18-13-8-3/h26-30H,6-25H2,1-5H3. The van der Waals surface area contributed by atoms with E-state index in [0.717, 1.165) is 64.2 Å². The van der Waals surface area contributed by atoms with Crippen molar-refractivity contribution in [3.8, 4) is 40.1 Å². The van der Waals surface area contributed by atoms with Crippen LogP contribution in [0.25, 0.3) is 22.3 Å². The molecule has 3 aromatic rings. The molecule has 57 heavy (non-hydrogen) atoms. The Kier molecular flexibility index (Phi) is 20.6. The summed E-state index contributed by atoms with van der Waals surface area (Å²) in [5.74, 6) is -3.94. The van der Waals surface area contributed by atoms with Crippen LogP contribution < -0.4 is 29.1 Å². The zero-order chi connectivity index (χ0) is 41.6. The average molecular weight is 793 g/mol. The van der Waals surface area contributed by atoms with E-state index < -0.39 is 41.0 Å². The summed E-state index contributed by atoms with van der Waals surface area (Å²) in [6.07, 6.45) is 11.9. The van der Waals surface area contributed by atoms with E-state index in [1.165, 1.54) is 30.3 Å². The lowest BCUT2D eigenvalue weighted by molar-refractivity contribution is -0.137. The molecule has 12 heteroatoms. The van der Waals surface area contributed by atoms with E-state index in [1.807, 2.05) is 34.6 Å². The highest BCUT2D eigenvalue weighted by Gasteiger charge is 2.27. The number of esters is 5. The Morgan fingerprint density at radius 2 is 0.895 bits per heavy atom. The SMILES string of the molecule is CCCCCC(=O)Oc1cc(OC(=O)CCCCC)c2c(=O)c(OC(=O)CCCCC)c(-c3ccc(OC(=O)CCCCC)c(OC(=O)CCCCC)c3)oc2c1. The molecular weight excluding hydrogens is 732 g/mol. The summed E-state index contributed by atoms with van der Waals surface area (Å²) in [5.41, 5.74) is -0.801. The van der Waals surface area contributed by atoms with Gasteiger partial charge in [-0.2, -0.15) is 0 Å². The number of benzene rings is 2. The van der Waals surface area contributed by atoms with Crippen molar-refractivity contribution in [2.75, 3.05) is 0 Å². The summed E-state index contributed by atoms with van der Waals surface area (Å²) in [6, 6.07) is 6.88. The van der Waals surface area contributed by atoms with Crippen LogP contribution in [-0.4, -0.2) is 29.8 Å². The maximum absolute atomic E-state index is 14.5. The Bertz CT molecular complexity index is 1860. The van der Waals surface area contributed by atoms with Gasteiger partial charge in [-0.3, -0.25) is 28.8 Å². The van der Waals surface area contributed by atoms with Crippen LogP contribution in [0.5, 0.6) is 28.7 Å². The van der Waals surface area contributed by atoms with E-state index >= 15 is 0 Å². The molecule has 312 valence electrons. The van der Waals surface area contributed by atoms with Crippen molar-refractivity contribution < 1.29 is 52.1 Å². The number of hydrogen-bond donors (Lipinski definition) is 0. The summed E-state index contributed by atoms with van der Waals surface area (Å²) in [7, 11) is 0. The Morgan fingerprint density at radius 3 is 1.37 bits per heavy atom. The zero-order valence-electron chi connectivity index (χ0n) is 34.4. The molecule has 0 saturated carbocycles. The number of carbonyl (C=O) groups is 5. The third kappa shape index (κ3) is 15.5. The molecule has 0 N–H and O–H groups in total. The van der Waals surface area contributed by atoms with Gasteiger partial charge in [-0.1, -0.05) is 98.8 Å². The Balaban J connectivity index is 2.26. The first-order valence-corrected chi connectivity index (χ1v) is 20.9. The van der Waals surface area contributed by atoms with E-state index in [1.54, 1.807) is 0 Å². The molecule has 0 radical (unpaired) electrons. The number of fused-ring (bicyclic) bond motifs is 1. The number of unbranched alkanes of at least 4 members (excludes halogenated alkanes) is 10. The van der Waals surface area contributed by atoms with Crippen LogP contribution in [0.15, 0.2) is 39.5 Å². The molecule has 0 amide bonds. The van der Waals surface area contributed by atoms with Crippen LogP contribution in [0.1, 0.15) is 163 Å². The van der Waals surface area contributed by atoms with Gasteiger partial charge in [0.05, 0.1) is 0 Å². The molecule has 0 aliphatic heterocycles. The molecule has 0 fully saturated rings. The number of hydrogen-bond acceptors (Lipinski definition) is 12. The van der Waals surface area contributed by atoms with Gasteiger partial charge in [0, 0.05) is 49.8 Å². The fourth-order valence-electron chi connectivity index (χ4n) is 5.94. The molecule has 0 aliphatic rings. The van der Waals surface area contributed by atoms with Crippen molar-refractivity contribution in [3.05, 3.63) is 40.6 Å².